The lowest BCUT2D eigenvalue weighted by atomic mass is 10.1. The number of rotatable bonds is 10. The van der Waals surface area contributed by atoms with Gasteiger partial charge in [0, 0.05) is 44.7 Å². The monoisotopic (exact) mass is 344 g/mol. The van der Waals surface area contributed by atoms with Gasteiger partial charge in [0.1, 0.15) is 0 Å². The third-order valence-electron chi connectivity index (χ3n) is 3.97. The van der Waals surface area contributed by atoms with E-state index in [9.17, 15) is 0 Å². The number of aromatic nitrogens is 3. The Labute approximate surface area is 149 Å². The Morgan fingerprint density at radius 1 is 1.20 bits per heavy atom. The van der Waals surface area contributed by atoms with Crippen LogP contribution in [0.2, 0.25) is 0 Å². The molecule has 25 heavy (non-hydrogen) atoms. The van der Waals surface area contributed by atoms with Crippen LogP contribution in [0.4, 0.5) is 23.1 Å². The topological polar surface area (TPSA) is 75.2 Å². The van der Waals surface area contributed by atoms with Gasteiger partial charge < -0.3 is 20.3 Å². The maximum atomic E-state index is 5.03. The molecule has 0 fully saturated rings. The van der Waals surface area contributed by atoms with Gasteiger partial charge in [-0.25, -0.2) is 0 Å². The van der Waals surface area contributed by atoms with Crippen LogP contribution < -0.4 is 15.5 Å². The average molecular weight is 344 g/mol. The van der Waals surface area contributed by atoms with Gasteiger partial charge in [0.25, 0.3) is 0 Å². The molecule has 2 rings (SSSR count). The summed E-state index contributed by atoms with van der Waals surface area (Å²) in [6, 6.07) is 6.39. The van der Waals surface area contributed by atoms with Crippen molar-refractivity contribution in [3.05, 3.63) is 30.0 Å². The molecule has 0 bridgehead atoms. The first-order chi connectivity index (χ1) is 12.2. The molecule has 1 aromatic carbocycles. The third kappa shape index (κ3) is 5.56. The zero-order valence-corrected chi connectivity index (χ0v) is 15.5. The van der Waals surface area contributed by atoms with E-state index in [0.29, 0.717) is 18.4 Å². The maximum Gasteiger partial charge on any atom is 0.244 e. The number of methoxy groups -OCH3 is 1. The summed E-state index contributed by atoms with van der Waals surface area (Å²) in [5, 5.41) is 14.5. The van der Waals surface area contributed by atoms with E-state index in [1.54, 1.807) is 13.3 Å². The first-order valence-corrected chi connectivity index (χ1v) is 8.73. The van der Waals surface area contributed by atoms with Gasteiger partial charge >= 0.3 is 0 Å². The highest BCUT2D eigenvalue weighted by atomic mass is 16.5. The van der Waals surface area contributed by atoms with Crippen LogP contribution in [-0.2, 0) is 4.74 Å². The van der Waals surface area contributed by atoms with Crippen molar-refractivity contribution in [3.63, 3.8) is 0 Å². The molecule has 0 aliphatic carbocycles. The van der Waals surface area contributed by atoms with E-state index in [1.165, 1.54) is 5.69 Å². The largest absolute Gasteiger partial charge is 0.385 e. The van der Waals surface area contributed by atoms with Crippen molar-refractivity contribution in [2.75, 3.05) is 48.9 Å². The first-order valence-electron chi connectivity index (χ1n) is 8.73. The van der Waals surface area contributed by atoms with E-state index in [-0.39, 0.29) is 0 Å². The summed E-state index contributed by atoms with van der Waals surface area (Å²) < 4.78 is 5.03. The fraction of sp³-hybridized carbons (Fsp3) is 0.500. The molecular formula is C18H28N6O. The van der Waals surface area contributed by atoms with Crippen molar-refractivity contribution in [2.45, 2.75) is 27.2 Å². The number of benzene rings is 1. The van der Waals surface area contributed by atoms with Crippen LogP contribution >= 0.6 is 0 Å². The molecule has 7 heteroatoms. The number of nitrogens with zero attached hydrogens (tertiary/aromatic N) is 4. The van der Waals surface area contributed by atoms with Crippen LogP contribution in [-0.4, -0.2) is 48.5 Å². The van der Waals surface area contributed by atoms with Crippen LogP contribution in [0.5, 0.6) is 0 Å². The summed E-state index contributed by atoms with van der Waals surface area (Å²) >= 11 is 0. The van der Waals surface area contributed by atoms with Gasteiger partial charge in [0.2, 0.25) is 5.95 Å². The van der Waals surface area contributed by atoms with E-state index in [2.05, 4.69) is 69.7 Å². The third-order valence-corrected chi connectivity index (χ3v) is 3.97. The van der Waals surface area contributed by atoms with Crippen molar-refractivity contribution in [1.82, 2.24) is 15.2 Å². The number of aryl methyl sites for hydroxylation is 1. The molecule has 0 radical (unpaired) electrons. The van der Waals surface area contributed by atoms with Crippen LogP contribution in [0.3, 0.4) is 0 Å². The summed E-state index contributed by atoms with van der Waals surface area (Å²) in [4.78, 5) is 6.77. The van der Waals surface area contributed by atoms with Gasteiger partial charge in [-0.15, -0.1) is 5.10 Å². The molecule has 1 aromatic heterocycles. The summed E-state index contributed by atoms with van der Waals surface area (Å²) in [6.07, 6.45) is 2.52. The zero-order chi connectivity index (χ0) is 18.1. The van der Waals surface area contributed by atoms with Gasteiger partial charge in [-0.1, -0.05) is 0 Å². The van der Waals surface area contributed by atoms with E-state index in [1.807, 2.05) is 0 Å². The molecule has 0 spiro atoms. The number of hydrogen-bond acceptors (Lipinski definition) is 7. The van der Waals surface area contributed by atoms with Crippen LogP contribution in [0.1, 0.15) is 25.8 Å². The van der Waals surface area contributed by atoms with Gasteiger partial charge in [-0.2, -0.15) is 10.1 Å². The molecule has 2 aromatic rings. The standard InChI is InChI=1S/C18H28N6O/c1-5-24(6-2)15-8-9-16(14(3)12-15)21-17-13-20-23-18(22-17)19-10-7-11-25-4/h8-9,12-13H,5-7,10-11H2,1-4H3,(H2,19,21,22,23). The minimum atomic E-state index is 0.513. The smallest absolute Gasteiger partial charge is 0.244 e. The van der Waals surface area contributed by atoms with Crippen LogP contribution in [0, 0.1) is 6.92 Å². The van der Waals surface area contributed by atoms with Crippen LogP contribution in [0.25, 0.3) is 0 Å². The van der Waals surface area contributed by atoms with Gasteiger partial charge in [0.15, 0.2) is 5.82 Å². The maximum absolute atomic E-state index is 5.03. The summed E-state index contributed by atoms with van der Waals surface area (Å²) in [5.74, 6) is 1.18. The molecule has 0 unspecified atom stereocenters. The molecule has 0 saturated heterocycles. The Morgan fingerprint density at radius 2 is 2.00 bits per heavy atom. The Balaban J connectivity index is 2.04. The van der Waals surface area contributed by atoms with E-state index < -0.39 is 0 Å². The minimum absolute atomic E-state index is 0.513. The second kappa shape index (κ2) is 9.78. The van der Waals surface area contributed by atoms with E-state index >= 15 is 0 Å². The lowest BCUT2D eigenvalue weighted by Gasteiger charge is -2.22. The molecule has 0 atom stereocenters. The Morgan fingerprint density at radius 3 is 2.68 bits per heavy atom. The van der Waals surface area contributed by atoms with E-state index in [0.717, 1.165) is 37.3 Å². The fourth-order valence-corrected chi connectivity index (χ4v) is 2.57. The van der Waals surface area contributed by atoms with Crippen molar-refractivity contribution in [1.29, 1.82) is 0 Å². The summed E-state index contributed by atoms with van der Waals surface area (Å²) in [7, 11) is 1.69. The number of ether oxygens (including phenoxy) is 1. The summed E-state index contributed by atoms with van der Waals surface area (Å²) in [6.45, 7) is 9.87. The Kier molecular flexibility index (Phi) is 7.40. The SMILES string of the molecule is CCN(CC)c1ccc(Nc2cnnc(NCCCOC)n2)c(C)c1. The molecule has 0 aliphatic rings. The molecule has 1 heterocycles. The highest BCUT2D eigenvalue weighted by Crippen LogP contribution is 2.24. The quantitative estimate of drug-likeness (QED) is 0.641. The lowest BCUT2D eigenvalue weighted by molar-refractivity contribution is 0.197. The average Bonchev–Trinajstić information content (AvgIpc) is 2.62. The van der Waals surface area contributed by atoms with E-state index in [4.69, 9.17) is 4.74 Å². The number of anilines is 4. The fourth-order valence-electron chi connectivity index (χ4n) is 2.57. The second-order valence-corrected chi connectivity index (χ2v) is 5.73. The Bertz CT molecular complexity index is 660. The zero-order valence-electron chi connectivity index (χ0n) is 15.5. The summed E-state index contributed by atoms with van der Waals surface area (Å²) in [5.41, 5.74) is 3.41. The lowest BCUT2D eigenvalue weighted by Crippen LogP contribution is -2.21. The minimum Gasteiger partial charge on any atom is -0.385 e. The van der Waals surface area contributed by atoms with Gasteiger partial charge in [-0.05, 0) is 51.0 Å². The molecule has 0 aliphatic heterocycles. The molecular weight excluding hydrogens is 316 g/mol. The van der Waals surface area contributed by atoms with Gasteiger partial charge in [-0.3, -0.25) is 0 Å². The van der Waals surface area contributed by atoms with Crippen molar-refractivity contribution in [3.8, 4) is 0 Å². The predicted octanol–water partition coefficient (Wildman–Crippen LogP) is 3.22. The normalized spacial score (nSPS) is 10.6. The second-order valence-electron chi connectivity index (χ2n) is 5.73. The first kappa shape index (κ1) is 18.9. The molecule has 0 saturated carbocycles. The number of nitrogens with one attached hydrogen (secondary N) is 2. The van der Waals surface area contributed by atoms with Gasteiger partial charge in [0.05, 0.1) is 6.20 Å². The molecule has 136 valence electrons. The highest BCUT2D eigenvalue weighted by Gasteiger charge is 2.07. The van der Waals surface area contributed by atoms with Crippen molar-refractivity contribution >= 4 is 23.1 Å². The molecule has 2 N–H and O–H groups in total. The Hall–Kier alpha value is -2.41. The van der Waals surface area contributed by atoms with Crippen molar-refractivity contribution in [2.24, 2.45) is 0 Å². The predicted molar refractivity (Wildman–Crippen MR) is 103 cm³/mol. The van der Waals surface area contributed by atoms with Crippen LogP contribution in [0.15, 0.2) is 24.4 Å². The number of hydrogen-bond donors (Lipinski definition) is 2. The van der Waals surface area contributed by atoms with Crippen molar-refractivity contribution < 1.29 is 4.74 Å². The molecule has 7 nitrogen and oxygen atoms in total. The molecule has 0 amide bonds. The highest BCUT2D eigenvalue weighted by molar-refractivity contribution is 5.65.